The minimum absolute atomic E-state index is 0.650. The molecule has 1 aliphatic rings. The molecule has 0 spiro atoms. The Morgan fingerprint density at radius 1 is 1.22 bits per heavy atom. The Bertz CT molecular complexity index is 382. The van der Waals surface area contributed by atoms with Crippen LogP contribution in [-0.2, 0) is 0 Å². The monoisotopic (exact) mass is 267 g/mol. The quantitative estimate of drug-likeness (QED) is 0.634. The largest absolute Gasteiger partial charge is 0.486 e. The molecular weight excluding hydrogens is 246 g/mol. The molecule has 0 fully saturated rings. The van der Waals surface area contributed by atoms with E-state index in [1.165, 1.54) is 4.90 Å². The molecule has 1 heterocycles. The van der Waals surface area contributed by atoms with Gasteiger partial charge < -0.3 is 14.8 Å². The van der Waals surface area contributed by atoms with Crippen molar-refractivity contribution in [1.29, 1.82) is 0 Å². The summed E-state index contributed by atoms with van der Waals surface area (Å²) in [7, 11) is 0. The molecule has 1 N–H and O–H groups in total. The predicted molar refractivity (Wildman–Crippen MR) is 75.9 cm³/mol. The second kappa shape index (κ2) is 6.90. The van der Waals surface area contributed by atoms with Gasteiger partial charge in [0.25, 0.3) is 0 Å². The number of ether oxygens (including phenoxy) is 2. The molecule has 0 saturated heterocycles. The lowest BCUT2D eigenvalue weighted by atomic mass is 10.2. The smallest absolute Gasteiger partial charge is 0.162 e. The maximum absolute atomic E-state index is 5.57. The van der Waals surface area contributed by atoms with E-state index < -0.39 is 0 Å². The average molecular weight is 267 g/mol. The van der Waals surface area contributed by atoms with Crippen LogP contribution in [0.15, 0.2) is 23.1 Å². The Hall–Kier alpha value is -0.870. The molecule has 2 rings (SSSR count). The van der Waals surface area contributed by atoms with Crippen LogP contribution in [0.25, 0.3) is 0 Å². The van der Waals surface area contributed by atoms with Crippen LogP contribution in [0.2, 0.25) is 0 Å². The molecule has 0 aliphatic carbocycles. The third-order valence-electron chi connectivity index (χ3n) is 2.61. The maximum Gasteiger partial charge on any atom is 0.162 e. The minimum Gasteiger partial charge on any atom is -0.486 e. The molecule has 1 aliphatic heterocycles. The van der Waals surface area contributed by atoms with Crippen molar-refractivity contribution in [3.05, 3.63) is 18.2 Å². The molecule has 1 aromatic carbocycles. The second-order valence-corrected chi connectivity index (χ2v) is 5.92. The number of rotatable bonds is 6. The van der Waals surface area contributed by atoms with Gasteiger partial charge in [0.05, 0.1) is 0 Å². The topological polar surface area (TPSA) is 30.5 Å². The number of hydrogen-bond acceptors (Lipinski definition) is 4. The number of nitrogens with one attached hydrogen (secondary N) is 1. The van der Waals surface area contributed by atoms with E-state index >= 15 is 0 Å². The fourth-order valence-electron chi connectivity index (χ4n) is 1.75. The summed E-state index contributed by atoms with van der Waals surface area (Å²) in [6.07, 6.45) is 0. The Morgan fingerprint density at radius 3 is 2.78 bits per heavy atom. The normalized spacial score (nSPS) is 13.9. The zero-order chi connectivity index (χ0) is 12.8. The van der Waals surface area contributed by atoms with Gasteiger partial charge in [-0.2, -0.15) is 0 Å². The van der Waals surface area contributed by atoms with E-state index in [-0.39, 0.29) is 0 Å². The number of hydrogen-bond donors (Lipinski definition) is 1. The van der Waals surface area contributed by atoms with Crippen molar-refractivity contribution < 1.29 is 9.47 Å². The number of thioether (sulfide) groups is 1. The van der Waals surface area contributed by atoms with Crippen molar-refractivity contribution in [2.45, 2.75) is 18.7 Å². The maximum atomic E-state index is 5.57. The van der Waals surface area contributed by atoms with Crippen molar-refractivity contribution in [1.82, 2.24) is 5.32 Å². The molecule has 0 aromatic heterocycles. The van der Waals surface area contributed by atoms with Crippen molar-refractivity contribution in [3.8, 4) is 11.5 Å². The summed E-state index contributed by atoms with van der Waals surface area (Å²) < 4.78 is 11.1. The first-order valence-corrected chi connectivity index (χ1v) is 7.47. The Kier molecular flexibility index (Phi) is 5.20. The molecule has 18 heavy (non-hydrogen) atoms. The molecule has 0 atom stereocenters. The van der Waals surface area contributed by atoms with Crippen LogP contribution < -0.4 is 14.8 Å². The zero-order valence-corrected chi connectivity index (χ0v) is 11.9. The van der Waals surface area contributed by atoms with Crippen LogP contribution in [0, 0.1) is 5.92 Å². The highest BCUT2D eigenvalue weighted by molar-refractivity contribution is 7.99. The van der Waals surface area contributed by atoms with Gasteiger partial charge in [0.2, 0.25) is 0 Å². The number of fused-ring (bicyclic) bond motifs is 1. The van der Waals surface area contributed by atoms with Gasteiger partial charge in [-0.15, -0.1) is 11.8 Å². The summed E-state index contributed by atoms with van der Waals surface area (Å²) >= 11 is 1.85. The Balaban J connectivity index is 1.76. The van der Waals surface area contributed by atoms with Gasteiger partial charge in [-0.25, -0.2) is 0 Å². The minimum atomic E-state index is 0.650. The third kappa shape index (κ3) is 4.10. The van der Waals surface area contributed by atoms with Crippen molar-refractivity contribution in [2.75, 3.05) is 32.1 Å². The third-order valence-corrected chi connectivity index (χ3v) is 3.61. The van der Waals surface area contributed by atoms with Gasteiger partial charge in [0.15, 0.2) is 11.5 Å². The summed E-state index contributed by atoms with van der Waals surface area (Å²) in [6, 6.07) is 6.17. The van der Waals surface area contributed by atoms with E-state index in [0.717, 1.165) is 30.3 Å². The van der Waals surface area contributed by atoms with E-state index in [9.17, 15) is 0 Å². The molecule has 1 aromatic rings. The average Bonchev–Trinajstić information content (AvgIpc) is 2.38. The van der Waals surface area contributed by atoms with Gasteiger partial charge >= 0.3 is 0 Å². The van der Waals surface area contributed by atoms with Crippen LogP contribution in [0.1, 0.15) is 13.8 Å². The van der Waals surface area contributed by atoms with Crippen molar-refractivity contribution in [3.63, 3.8) is 0 Å². The van der Waals surface area contributed by atoms with E-state index in [2.05, 4.69) is 31.3 Å². The molecule has 0 radical (unpaired) electrons. The second-order valence-electron chi connectivity index (χ2n) is 4.75. The first-order valence-electron chi connectivity index (χ1n) is 6.49. The molecule has 0 amide bonds. The van der Waals surface area contributed by atoms with E-state index in [1.54, 1.807) is 0 Å². The van der Waals surface area contributed by atoms with E-state index in [4.69, 9.17) is 9.47 Å². The van der Waals surface area contributed by atoms with E-state index in [1.807, 2.05) is 17.8 Å². The first-order chi connectivity index (χ1) is 8.75. The fraction of sp³-hybridized carbons (Fsp3) is 0.571. The summed E-state index contributed by atoms with van der Waals surface area (Å²) in [5, 5.41) is 3.44. The van der Waals surface area contributed by atoms with Gasteiger partial charge in [-0.3, -0.25) is 0 Å². The SMILES string of the molecule is CC(C)CNCCSc1ccc2c(c1)OCCO2. The van der Waals surface area contributed by atoms with Crippen LogP contribution in [0.3, 0.4) is 0 Å². The van der Waals surface area contributed by atoms with Crippen molar-refractivity contribution in [2.24, 2.45) is 5.92 Å². The van der Waals surface area contributed by atoms with E-state index in [0.29, 0.717) is 19.1 Å². The molecule has 100 valence electrons. The highest BCUT2D eigenvalue weighted by Crippen LogP contribution is 2.33. The molecule has 0 bridgehead atoms. The zero-order valence-electron chi connectivity index (χ0n) is 11.1. The van der Waals surface area contributed by atoms with Gasteiger partial charge in [-0.1, -0.05) is 13.8 Å². The predicted octanol–water partition coefficient (Wildman–Crippen LogP) is 2.80. The van der Waals surface area contributed by atoms with Gasteiger partial charge in [-0.05, 0) is 30.7 Å². The Labute approximate surface area is 113 Å². The van der Waals surface area contributed by atoms with Gasteiger partial charge in [0, 0.05) is 17.2 Å². The Morgan fingerprint density at radius 2 is 2.00 bits per heavy atom. The highest BCUT2D eigenvalue weighted by atomic mass is 32.2. The molecular formula is C14H21NO2S. The molecule has 4 heteroatoms. The van der Waals surface area contributed by atoms with Gasteiger partial charge in [0.1, 0.15) is 13.2 Å². The van der Waals surface area contributed by atoms with Crippen LogP contribution in [0.5, 0.6) is 11.5 Å². The summed E-state index contributed by atoms with van der Waals surface area (Å²) in [6.45, 7) is 7.87. The summed E-state index contributed by atoms with van der Waals surface area (Å²) in [5.41, 5.74) is 0. The summed E-state index contributed by atoms with van der Waals surface area (Å²) in [4.78, 5) is 1.24. The molecule has 0 saturated carbocycles. The summed E-state index contributed by atoms with van der Waals surface area (Å²) in [5.74, 6) is 3.53. The number of benzene rings is 1. The molecule has 0 unspecified atom stereocenters. The van der Waals surface area contributed by atoms with Crippen LogP contribution in [-0.4, -0.2) is 32.1 Å². The lowest BCUT2D eigenvalue weighted by molar-refractivity contribution is 0.171. The lowest BCUT2D eigenvalue weighted by Crippen LogP contribution is -2.22. The highest BCUT2D eigenvalue weighted by Gasteiger charge is 2.11. The first kappa shape index (κ1) is 13.6. The van der Waals surface area contributed by atoms with Crippen LogP contribution in [0.4, 0.5) is 0 Å². The lowest BCUT2D eigenvalue weighted by Gasteiger charge is -2.18. The fourth-order valence-corrected chi connectivity index (χ4v) is 2.58. The molecule has 3 nitrogen and oxygen atoms in total. The van der Waals surface area contributed by atoms with Crippen molar-refractivity contribution >= 4 is 11.8 Å². The standard InChI is InChI=1S/C14H21NO2S/c1-11(2)10-15-5-8-18-12-3-4-13-14(9-12)17-7-6-16-13/h3-4,9,11,15H,5-8,10H2,1-2H3. The van der Waals surface area contributed by atoms with Crippen LogP contribution >= 0.6 is 11.8 Å².